The van der Waals surface area contributed by atoms with Crippen molar-refractivity contribution in [3.05, 3.63) is 53.6 Å². The summed E-state index contributed by atoms with van der Waals surface area (Å²) in [6.45, 7) is 0.625. The van der Waals surface area contributed by atoms with Crippen molar-refractivity contribution >= 4 is 21.7 Å². The van der Waals surface area contributed by atoms with Crippen molar-refractivity contribution in [3.63, 3.8) is 0 Å². The summed E-state index contributed by atoms with van der Waals surface area (Å²) < 4.78 is 32.7. The van der Waals surface area contributed by atoms with Crippen molar-refractivity contribution < 1.29 is 17.9 Å². The molecule has 0 aromatic heterocycles. The monoisotopic (exact) mass is 361 g/mol. The maximum Gasteiger partial charge on any atom is 0.321 e. The van der Waals surface area contributed by atoms with E-state index in [-0.39, 0.29) is 17.5 Å². The van der Waals surface area contributed by atoms with Crippen molar-refractivity contribution in [1.29, 1.82) is 0 Å². The molecule has 0 fully saturated rings. The largest absolute Gasteiger partial charge is 0.495 e. The highest BCUT2D eigenvalue weighted by Gasteiger charge is 2.21. The molecule has 2 aromatic rings. The molecule has 0 atom stereocenters. The zero-order chi connectivity index (χ0) is 18.0. The van der Waals surface area contributed by atoms with Crippen LogP contribution in [0.25, 0.3) is 0 Å². The molecule has 132 valence electrons. The molecule has 0 saturated carbocycles. The molecule has 3 rings (SSSR count). The molecular formula is C17H19N3O4S. The molecule has 2 aromatic carbocycles. The second-order valence-electron chi connectivity index (χ2n) is 5.75. The summed E-state index contributed by atoms with van der Waals surface area (Å²) in [4.78, 5) is 13.3. The summed E-state index contributed by atoms with van der Waals surface area (Å²) in [6, 6.07) is 11.8. The van der Waals surface area contributed by atoms with Gasteiger partial charge in [-0.25, -0.2) is 17.9 Å². The molecule has 7 nitrogen and oxygen atoms in total. The summed E-state index contributed by atoms with van der Waals surface area (Å²) in [7, 11) is -0.560. The minimum atomic E-state index is -3.70. The molecule has 0 radical (unpaired) electrons. The highest BCUT2D eigenvalue weighted by atomic mass is 32.2. The first kappa shape index (κ1) is 17.2. The van der Waals surface area contributed by atoms with E-state index >= 15 is 0 Å². The summed E-state index contributed by atoms with van der Waals surface area (Å²) in [6.07, 6.45) is 0. The molecule has 1 heterocycles. The van der Waals surface area contributed by atoms with Gasteiger partial charge in [-0.3, -0.25) is 0 Å². The highest BCUT2D eigenvalue weighted by Crippen LogP contribution is 2.25. The van der Waals surface area contributed by atoms with Crippen molar-refractivity contribution in [2.24, 2.45) is 0 Å². The van der Waals surface area contributed by atoms with Crippen LogP contribution in [0.3, 0.4) is 0 Å². The fraction of sp³-hybridized carbons (Fsp3) is 0.235. The molecule has 2 amide bonds. The van der Waals surface area contributed by atoms with Gasteiger partial charge in [0.1, 0.15) is 10.6 Å². The topological polar surface area (TPSA) is 87.7 Å². The fourth-order valence-corrected chi connectivity index (χ4v) is 3.83. The number of carbonyl (C=O) groups is 1. The smallest absolute Gasteiger partial charge is 0.321 e. The van der Waals surface area contributed by atoms with E-state index in [0.717, 1.165) is 16.8 Å². The molecule has 2 N–H and O–H groups in total. The van der Waals surface area contributed by atoms with Crippen LogP contribution in [-0.2, 0) is 23.1 Å². The molecule has 1 aliphatic heterocycles. The number of nitrogens with zero attached hydrogens (tertiary/aromatic N) is 1. The van der Waals surface area contributed by atoms with E-state index in [1.54, 1.807) is 42.3 Å². The Morgan fingerprint density at radius 2 is 2.00 bits per heavy atom. The van der Waals surface area contributed by atoms with Crippen molar-refractivity contribution in [3.8, 4) is 5.75 Å². The molecular weight excluding hydrogens is 342 g/mol. The van der Waals surface area contributed by atoms with Gasteiger partial charge in [-0.05, 0) is 29.3 Å². The van der Waals surface area contributed by atoms with Gasteiger partial charge < -0.3 is 15.0 Å². The third-order valence-corrected chi connectivity index (χ3v) is 5.43. The fourth-order valence-electron chi connectivity index (χ4n) is 2.64. The number of ether oxygens (including phenoxy) is 1. The third-order valence-electron chi connectivity index (χ3n) is 3.99. The number of methoxy groups -OCH3 is 1. The van der Waals surface area contributed by atoms with Crippen molar-refractivity contribution in [2.75, 3.05) is 19.5 Å². The van der Waals surface area contributed by atoms with Crippen LogP contribution in [0.15, 0.2) is 47.4 Å². The average molecular weight is 361 g/mol. The Balaban J connectivity index is 1.78. The van der Waals surface area contributed by atoms with Crippen molar-refractivity contribution in [2.45, 2.75) is 18.0 Å². The zero-order valence-corrected chi connectivity index (χ0v) is 14.8. The number of sulfonamides is 1. The summed E-state index contributed by atoms with van der Waals surface area (Å²) in [5.41, 5.74) is 2.50. The number of benzene rings is 2. The molecule has 25 heavy (non-hydrogen) atoms. The minimum absolute atomic E-state index is 0.0995. The number of anilines is 1. The third kappa shape index (κ3) is 3.59. The van der Waals surface area contributed by atoms with Crippen LogP contribution in [-0.4, -0.2) is 33.5 Å². The van der Waals surface area contributed by atoms with E-state index in [9.17, 15) is 13.2 Å². The molecule has 0 aliphatic carbocycles. The second-order valence-corrected chi connectivity index (χ2v) is 7.49. The van der Waals surface area contributed by atoms with E-state index in [2.05, 4.69) is 10.0 Å². The summed E-state index contributed by atoms with van der Waals surface area (Å²) in [5.74, 6) is 0.296. The van der Waals surface area contributed by atoms with Gasteiger partial charge in [-0.1, -0.05) is 24.3 Å². The molecule has 8 heteroatoms. The van der Waals surface area contributed by atoms with Gasteiger partial charge >= 0.3 is 6.03 Å². The number of fused-ring (bicyclic) bond motifs is 1. The number of rotatable bonds is 5. The Bertz CT molecular complexity index is 912. The van der Waals surface area contributed by atoms with Gasteiger partial charge in [0.25, 0.3) is 0 Å². The van der Waals surface area contributed by atoms with Gasteiger partial charge in [0.05, 0.1) is 7.11 Å². The Hall–Kier alpha value is -2.58. The average Bonchev–Trinajstić information content (AvgIpc) is 2.61. The Morgan fingerprint density at radius 3 is 2.76 bits per heavy atom. The van der Waals surface area contributed by atoms with Crippen LogP contribution < -0.4 is 14.8 Å². The Kier molecular flexibility index (Phi) is 4.65. The maximum absolute atomic E-state index is 12.5. The number of hydrogen-bond donors (Lipinski definition) is 2. The first-order chi connectivity index (χ1) is 11.9. The minimum Gasteiger partial charge on any atom is -0.495 e. The number of para-hydroxylation sites is 1. The lowest BCUT2D eigenvalue weighted by Gasteiger charge is -2.26. The predicted molar refractivity (Wildman–Crippen MR) is 93.9 cm³/mol. The molecule has 0 spiro atoms. The number of urea groups is 1. The summed E-state index contributed by atoms with van der Waals surface area (Å²) >= 11 is 0. The first-order valence-electron chi connectivity index (χ1n) is 7.67. The van der Waals surface area contributed by atoms with Crippen LogP contribution in [0.4, 0.5) is 10.5 Å². The lowest BCUT2D eigenvalue weighted by molar-refractivity contribution is 0.218. The van der Waals surface area contributed by atoms with Gasteiger partial charge in [-0.2, -0.15) is 0 Å². The van der Waals surface area contributed by atoms with E-state index < -0.39 is 10.0 Å². The Labute approximate surface area is 146 Å². The van der Waals surface area contributed by atoms with E-state index in [0.29, 0.717) is 12.3 Å². The molecule has 0 bridgehead atoms. The van der Waals surface area contributed by atoms with Crippen LogP contribution in [0.2, 0.25) is 0 Å². The zero-order valence-electron chi connectivity index (χ0n) is 13.9. The Morgan fingerprint density at radius 1 is 1.24 bits per heavy atom. The van der Waals surface area contributed by atoms with E-state index in [1.807, 2.05) is 6.07 Å². The second kappa shape index (κ2) is 6.73. The van der Waals surface area contributed by atoms with Gasteiger partial charge in [-0.15, -0.1) is 0 Å². The first-order valence-corrected chi connectivity index (χ1v) is 9.15. The predicted octanol–water partition coefficient (Wildman–Crippen LogP) is 2.15. The van der Waals surface area contributed by atoms with Crippen LogP contribution in [0.5, 0.6) is 5.75 Å². The van der Waals surface area contributed by atoms with Crippen LogP contribution in [0.1, 0.15) is 11.1 Å². The number of carbonyl (C=O) groups excluding carboxylic acids is 1. The molecule has 1 aliphatic rings. The van der Waals surface area contributed by atoms with E-state index in [1.165, 1.54) is 13.2 Å². The van der Waals surface area contributed by atoms with Gasteiger partial charge in [0.2, 0.25) is 10.0 Å². The van der Waals surface area contributed by atoms with Gasteiger partial charge in [0, 0.05) is 25.8 Å². The van der Waals surface area contributed by atoms with Crippen LogP contribution in [0, 0.1) is 0 Å². The standard InChI is InChI=1S/C17H19N3O4S/c1-20-11-13-9-12(7-8-14(13)19-17(20)21)10-18-25(22,23)16-6-4-3-5-15(16)24-2/h3-9,18H,10-11H2,1-2H3,(H,19,21). The lowest BCUT2D eigenvalue weighted by atomic mass is 10.1. The highest BCUT2D eigenvalue weighted by molar-refractivity contribution is 7.89. The molecule has 0 saturated heterocycles. The number of nitrogens with one attached hydrogen (secondary N) is 2. The summed E-state index contributed by atoms with van der Waals surface area (Å²) in [5, 5.41) is 2.78. The number of amides is 2. The quantitative estimate of drug-likeness (QED) is 0.854. The van der Waals surface area contributed by atoms with Crippen molar-refractivity contribution in [1.82, 2.24) is 9.62 Å². The maximum atomic E-state index is 12.5. The molecule has 0 unspecified atom stereocenters. The normalized spacial score (nSPS) is 14.0. The lowest BCUT2D eigenvalue weighted by Crippen LogP contribution is -2.35. The van der Waals surface area contributed by atoms with Gasteiger partial charge in [0.15, 0.2) is 0 Å². The van der Waals surface area contributed by atoms with Crippen LogP contribution >= 0.6 is 0 Å². The number of hydrogen-bond acceptors (Lipinski definition) is 4. The SMILES string of the molecule is COc1ccccc1S(=O)(=O)NCc1ccc2c(c1)CN(C)C(=O)N2. The van der Waals surface area contributed by atoms with E-state index in [4.69, 9.17) is 4.74 Å².